The van der Waals surface area contributed by atoms with E-state index in [1.807, 2.05) is 86.0 Å². The lowest BCUT2D eigenvalue weighted by atomic mass is 9.78. The van der Waals surface area contributed by atoms with Crippen LogP contribution in [0.2, 0.25) is 0 Å². The number of methoxy groups -OCH3 is 2. The first-order valence-corrected chi connectivity index (χ1v) is 22.3. The van der Waals surface area contributed by atoms with E-state index in [1.165, 1.54) is 6.92 Å². The molecule has 5 rings (SSSR count). The van der Waals surface area contributed by atoms with Gasteiger partial charge in [0, 0.05) is 46.2 Å². The first kappa shape index (κ1) is 49.6. The van der Waals surface area contributed by atoms with Crippen LogP contribution in [0.5, 0.6) is 0 Å². The molecule has 4 aliphatic rings. The molecular formula is C46H77N3O12. The quantitative estimate of drug-likeness (QED) is 0.296. The van der Waals surface area contributed by atoms with Gasteiger partial charge in [-0.2, -0.15) is 0 Å². The van der Waals surface area contributed by atoms with Crippen molar-refractivity contribution in [3.05, 3.63) is 35.9 Å². The monoisotopic (exact) mass is 864 g/mol. The van der Waals surface area contributed by atoms with Gasteiger partial charge in [0.05, 0.1) is 60.2 Å². The van der Waals surface area contributed by atoms with Crippen molar-refractivity contribution in [3.8, 4) is 0 Å². The van der Waals surface area contributed by atoms with E-state index < -0.39 is 95.8 Å². The number of cyclic esters (lactones) is 1. The van der Waals surface area contributed by atoms with E-state index in [-0.39, 0.29) is 31.0 Å². The molecule has 0 spiro atoms. The molecule has 0 aromatic heterocycles. The molecule has 0 amide bonds. The second-order valence-corrected chi connectivity index (χ2v) is 19.1. The Morgan fingerprint density at radius 3 is 2.16 bits per heavy atom. The number of aliphatic hydroxyl groups is 3. The molecule has 1 aromatic rings. The summed E-state index contributed by atoms with van der Waals surface area (Å²) in [6.07, 6.45) is -6.45. The maximum absolute atomic E-state index is 14.5. The topological polar surface area (TPSA) is 170 Å². The Labute approximate surface area is 364 Å². The first-order valence-electron chi connectivity index (χ1n) is 22.3. The smallest absolute Gasteiger partial charge is 0.311 e. The third-order valence-corrected chi connectivity index (χ3v) is 14.3. The van der Waals surface area contributed by atoms with Gasteiger partial charge in [0.15, 0.2) is 18.7 Å². The van der Waals surface area contributed by atoms with Crippen LogP contribution in [0.3, 0.4) is 0 Å². The summed E-state index contributed by atoms with van der Waals surface area (Å²) in [6.45, 7) is 19.5. The van der Waals surface area contributed by atoms with Crippen LogP contribution in [0.25, 0.3) is 0 Å². The number of hydrogen-bond acceptors (Lipinski definition) is 14. The molecule has 0 unspecified atom stereocenters. The fourth-order valence-electron chi connectivity index (χ4n) is 10.0. The Kier molecular flexibility index (Phi) is 16.4. The maximum atomic E-state index is 14.5. The van der Waals surface area contributed by atoms with Crippen molar-refractivity contribution in [2.75, 3.05) is 34.9 Å². The molecule has 0 bridgehead atoms. The number of benzene rings is 1. The molecule has 15 heteroatoms. The molecule has 0 saturated carbocycles. The number of nitrogens with zero attached hydrogens (tertiary/aromatic N) is 3. The van der Waals surface area contributed by atoms with Crippen LogP contribution in [0.15, 0.2) is 35.3 Å². The molecule has 4 heterocycles. The minimum atomic E-state index is -1.76. The predicted molar refractivity (Wildman–Crippen MR) is 229 cm³/mol. The van der Waals surface area contributed by atoms with E-state index in [2.05, 4.69) is 16.7 Å². The van der Waals surface area contributed by atoms with Gasteiger partial charge in [-0.05, 0) is 86.3 Å². The molecule has 348 valence electrons. The van der Waals surface area contributed by atoms with Crippen molar-refractivity contribution in [3.63, 3.8) is 0 Å². The molecule has 4 saturated heterocycles. The Balaban J connectivity index is 1.59. The van der Waals surface area contributed by atoms with Crippen LogP contribution in [0, 0.1) is 17.8 Å². The lowest BCUT2D eigenvalue weighted by molar-refractivity contribution is -0.315. The Morgan fingerprint density at radius 1 is 0.885 bits per heavy atom. The standard InChI is InChI=1S/C46H77N3O12/c1-15-34-46(10,53)38(50)26(2)25-48(11)27(3)22-45(9,55-14)40(29(5)36(30(6)41(52)58-34)59-35-23-44(8,54-13)39(51)31(7)57-35)61-42-37-33(21-28(4)56-42)49(12)43(60-37)47-24-32-19-17-16-18-20-32/h16-20,26-31,33-40,42,50-51,53H,15,21-25H2,1-14H3/t26-,27+,28+,29-,30+,31-,33-,34+,35-,36-,37+,38+,39-,40+,42-,44+,45+,46+/m0/s1. The summed E-state index contributed by atoms with van der Waals surface area (Å²) < 4.78 is 52.3. The first-order chi connectivity index (χ1) is 28.6. The highest BCUT2D eigenvalue weighted by atomic mass is 16.7. The summed E-state index contributed by atoms with van der Waals surface area (Å²) >= 11 is 0. The fraction of sp³-hybridized carbons (Fsp3) is 0.826. The van der Waals surface area contributed by atoms with Crippen LogP contribution in [-0.4, -0.2) is 162 Å². The van der Waals surface area contributed by atoms with Crippen molar-refractivity contribution in [2.45, 2.75) is 192 Å². The number of aliphatic hydroxyl groups excluding tert-OH is 2. The van der Waals surface area contributed by atoms with Gasteiger partial charge < -0.3 is 63.0 Å². The molecular weight excluding hydrogens is 787 g/mol. The van der Waals surface area contributed by atoms with E-state index in [9.17, 15) is 20.1 Å². The van der Waals surface area contributed by atoms with Crippen molar-refractivity contribution in [2.24, 2.45) is 22.7 Å². The molecule has 1 aromatic carbocycles. The number of esters is 1. The van der Waals surface area contributed by atoms with E-state index in [0.717, 1.165) is 5.56 Å². The van der Waals surface area contributed by atoms with Crippen LogP contribution in [-0.2, 0) is 49.2 Å². The molecule has 4 aliphatic heterocycles. The normalized spacial score (nSPS) is 45.4. The number of ether oxygens (including phenoxy) is 8. The highest BCUT2D eigenvalue weighted by Gasteiger charge is 2.55. The van der Waals surface area contributed by atoms with E-state index in [1.54, 1.807) is 28.1 Å². The summed E-state index contributed by atoms with van der Waals surface area (Å²) in [5.74, 6) is -2.57. The van der Waals surface area contributed by atoms with Gasteiger partial charge in [-0.25, -0.2) is 4.99 Å². The van der Waals surface area contributed by atoms with Gasteiger partial charge in [-0.3, -0.25) is 4.79 Å². The number of likely N-dealkylation sites (N-methyl/N-ethyl adjacent to an activating group) is 1. The van der Waals surface area contributed by atoms with E-state index in [4.69, 9.17) is 42.9 Å². The van der Waals surface area contributed by atoms with Gasteiger partial charge in [-0.1, -0.05) is 51.1 Å². The maximum Gasteiger partial charge on any atom is 0.311 e. The van der Waals surface area contributed by atoms with E-state index >= 15 is 0 Å². The number of fused-ring (bicyclic) bond motifs is 1. The average molecular weight is 864 g/mol. The summed E-state index contributed by atoms with van der Waals surface area (Å²) in [5, 5.41) is 34.6. The minimum Gasteiger partial charge on any atom is -0.459 e. The Hall–Kier alpha value is -2.44. The highest BCUT2D eigenvalue weighted by molar-refractivity contribution is 5.76. The molecule has 15 nitrogen and oxygen atoms in total. The highest BCUT2D eigenvalue weighted by Crippen LogP contribution is 2.42. The number of amidine groups is 1. The number of hydrogen-bond donors (Lipinski definition) is 3. The summed E-state index contributed by atoms with van der Waals surface area (Å²) in [7, 11) is 7.17. The van der Waals surface area contributed by atoms with Crippen molar-refractivity contribution >= 4 is 12.0 Å². The van der Waals surface area contributed by atoms with Crippen LogP contribution in [0.1, 0.15) is 100 Å². The minimum absolute atomic E-state index is 0.0948. The second kappa shape index (κ2) is 20.2. The molecule has 61 heavy (non-hydrogen) atoms. The van der Waals surface area contributed by atoms with Gasteiger partial charge in [0.2, 0.25) is 0 Å². The summed E-state index contributed by atoms with van der Waals surface area (Å²) in [4.78, 5) is 23.6. The van der Waals surface area contributed by atoms with Gasteiger partial charge >= 0.3 is 5.97 Å². The second-order valence-electron chi connectivity index (χ2n) is 19.1. The van der Waals surface area contributed by atoms with Gasteiger partial charge in [0.1, 0.15) is 17.8 Å². The van der Waals surface area contributed by atoms with Crippen LogP contribution < -0.4 is 0 Å². The average Bonchev–Trinajstić information content (AvgIpc) is 3.55. The Morgan fingerprint density at radius 2 is 1.54 bits per heavy atom. The summed E-state index contributed by atoms with van der Waals surface area (Å²) in [5.41, 5.74) is -2.72. The third kappa shape index (κ3) is 10.8. The SMILES string of the molecule is CC[C@H]1OC(=O)[C@H](C)[C@@H](O[C@H]2C[C@@](C)(OC)[C@@H](O)[C@H](C)O2)[C@H](C)[C@@H](O[C@@H]2O[C@H](C)C[C@H]3[C@H]2OC(=NCc2ccccc2)N3C)[C@](C)(OC)C[C@@H](C)N(C)C[C@H](C)[C@@H](O)[C@]1(C)O. The van der Waals surface area contributed by atoms with Crippen LogP contribution >= 0.6 is 0 Å². The van der Waals surface area contributed by atoms with Crippen molar-refractivity contribution in [1.82, 2.24) is 9.80 Å². The number of carbonyl (C=O) groups excluding carboxylic acids is 1. The number of carbonyl (C=O) groups is 1. The zero-order valence-electron chi connectivity index (χ0n) is 39.1. The third-order valence-electron chi connectivity index (χ3n) is 14.3. The fourth-order valence-corrected chi connectivity index (χ4v) is 10.0. The molecule has 0 aliphatic carbocycles. The molecule has 4 fully saturated rings. The summed E-state index contributed by atoms with van der Waals surface area (Å²) in [6, 6.07) is 10.3. The lowest BCUT2D eigenvalue weighted by Gasteiger charge is -2.49. The molecule has 18 atom stereocenters. The number of rotatable bonds is 9. The zero-order valence-corrected chi connectivity index (χ0v) is 39.1. The zero-order chi connectivity index (χ0) is 45.2. The molecule has 3 N–H and O–H groups in total. The van der Waals surface area contributed by atoms with Crippen LogP contribution in [0.4, 0.5) is 0 Å². The van der Waals surface area contributed by atoms with Gasteiger partial charge in [0.25, 0.3) is 6.02 Å². The molecule has 0 radical (unpaired) electrons. The van der Waals surface area contributed by atoms with E-state index in [0.29, 0.717) is 32.0 Å². The number of aliphatic imine (C=N–C) groups is 1. The van der Waals surface area contributed by atoms with Gasteiger partial charge in [-0.15, -0.1) is 0 Å². The Bertz CT molecular complexity index is 1600. The largest absolute Gasteiger partial charge is 0.459 e. The predicted octanol–water partition coefficient (Wildman–Crippen LogP) is 4.52. The van der Waals surface area contributed by atoms with Crippen molar-refractivity contribution < 1.29 is 58.0 Å². The lowest BCUT2D eigenvalue weighted by Crippen LogP contribution is -2.60. The van der Waals surface area contributed by atoms with Crippen molar-refractivity contribution in [1.29, 1.82) is 0 Å².